The Morgan fingerprint density at radius 3 is 2.32 bits per heavy atom. The fourth-order valence-electron chi connectivity index (χ4n) is 1.80. The van der Waals surface area contributed by atoms with Crippen LogP contribution in [-0.4, -0.2) is 23.2 Å². The monoisotopic (exact) mass is 299 g/mol. The van der Waals surface area contributed by atoms with E-state index in [2.05, 4.69) is 10.1 Å². The van der Waals surface area contributed by atoms with Gasteiger partial charge in [-0.2, -0.15) is 5.10 Å². The second-order valence-electron chi connectivity index (χ2n) is 4.71. The Morgan fingerprint density at radius 1 is 1.26 bits per heavy atom. The Labute approximate surface area is 117 Å². The van der Waals surface area contributed by atoms with Crippen LogP contribution in [0.3, 0.4) is 0 Å². The molecular weight excluding hydrogens is 286 g/mol. The molecule has 0 aromatic carbocycles. The maximum absolute atomic E-state index is 12.7. The number of aryl methyl sites for hydroxylation is 1. The van der Waals surface area contributed by atoms with Crippen molar-refractivity contribution in [2.24, 2.45) is 7.05 Å². The van der Waals surface area contributed by atoms with Gasteiger partial charge in [-0.25, -0.2) is 8.42 Å². The topological polar surface area (TPSA) is 64.8 Å². The van der Waals surface area contributed by atoms with E-state index in [9.17, 15) is 8.42 Å². The molecule has 0 fully saturated rings. The minimum Gasteiger partial charge on any atom is -0.273 e. The first-order valence-corrected chi connectivity index (χ1v) is 7.47. The summed E-state index contributed by atoms with van der Waals surface area (Å²) in [4.78, 5) is 3.94. The van der Waals surface area contributed by atoms with Crippen LogP contribution in [0.5, 0.6) is 0 Å². The molecule has 0 spiro atoms. The van der Waals surface area contributed by atoms with E-state index >= 15 is 0 Å². The molecule has 0 aliphatic heterocycles. The molecule has 0 saturated carbocycles. The molecular formula is C12H14ClN3O2S. The van der Waals surface area contributed by atoms with Gasteiger partial charge in [0.15, 0.2) is 15.0 Å². The van der Waals surface area contributed by atoms with Crippen molar-refractivity contribution in [3.8, 4) is 0 Å². The molecule has 0 bridgehead atoms. The second-order valence-corrected chi connectivity index (χ2v) is 7.53. The molecule has 2 rings (SSSR count). The molecule has 0 atom stereocenters. The maximum atomic E-state index is 12.7. The van der Waals surface area contributed by atoms with Crippen molar-refractivity contribution in [1.29, 1.82) is 0 Å². The van der Waals surface area contributed by atoms with Crippen LogP contribution >= 0.6 is 11.6 Å². The van der Waals surface area contributed by atoms with Gasteiger partial charge >= 0.3 is 0 Å². The van der Waals surface area contributed by atoms with E-state index in [4.69, 9.17) is 11.6 Å². The highest BCUT2D eigenvalue weighted by atomic mass is 35.5. The third-order valence-corrected chi connectivity index (χ3v) is 5.94. The van der Waals surface area contributed by atoms with Gasteiger partial charge in [0.1, 0.15) is 4.90 Å². The van der Waals surface area contributed by atoms with E-state index in [0.29, 0.717) is 5.56 Å². The summed E-state index contributed by atoms with van der Waals surface area (Å²) >= 11 is 5.90. The van der Waals surface area contributed by atoms with Crippen molar-refractivity contribution < 1.29 is 8.42 Å². The first-order chi connectivity index (χ1) is 8.76. The first kappa shape index (κ1) is 14.0. The zero-order valence-electron chi connectivity index (χ0n) is 10.8. The fourth-order valence-corrected chi connectivity index (χ4v) is 3.83. The zero-order valence-corrected chi connectivity index (χ0v) is 12.4. The van der Waals surface area contributed by atoms with E-state index in [0.717, 1.165) is 0 Å². The molecule has 0 unspecified atom stereocenters. The zero-order chi connectivity index (χ0) is 14.3. The standard InChI is InChI=1S/C12H14ClN3O2S/c1-12(2,9-4-6-14-7-5-9)19(17,18)10-8-16(3)15-11(10)13/h4-8H,1-3H3. The van der Waals surface area contributed by atoms with Gasteiger partial charge in [-0.15, -0.1) is 0 Å². The molecule has 0 aliphatic rings. The summed E-state index contributed by atoms with van der Waals surface area (Å²) in [6, 6.07) is 3.36. The molecule has 7 heteroatoms. The number of halogens is 1. The van der Waals surface area contributed by atoms with Crippen LogP contribution < -0.4 is 0 Å². The van der Waals surface area contributed by atoms with Gasteiger partial charge in [0.05, 0.1) is 4.75 Å². The molecule has 2 aromatic heterocycles. The SMILES string of the molecule is Cn1cc(S(=O)(=O)C(C)(C)c2ccncc2)c(Cl)n1. The summed E-state index contributed by atoms with van der Waals surface area (Å²) in [6.07, 6.45) is 4.55. The highest BCUT2D eigenvalue weighted by molar-refractivity contribution is 7.92. The van der Waals surface area contributed by atoms with Gasteiger partial charge in [-0.05, 0) is 31.5 Å². The minimum atomic E-state index is -3.64. The lowest BCUT2D eigenvalue weighted by atomic mass is 10.0. The Kier molecular flexibility index (Phi) is 3.40. The average Bonchev–Trinajstić information content (AvgIpc) is 2.70. The van der Waals surface area contributed by atoms with Crippen LogP contribution in [0.15, 0.2) is 35.6 Å². The Balaban J connectivity index is 2.59. The van der Waals surface area contributed by atoms with Gasteiger partial charge in [0.2, 0.25) is 0 Å². The summed E-state index contributed by atoms with van der Waals surface area (Å²) < 4.78 is 25.7. The van der Waals surface area contributed by atoms with Gasteiger partial charge in [-0.3, -0.25) is 9.67 Å². The predicted molar refractivity (Wildman–Crippen MR) is 72.7 cm³/mol. The van der Waals surface area contributed by atoms with E-state index < -0.39 is 14.6 Å². The number of pyridine rings is 1. The van der Waals surface area contributed by atoms with Crippen LogP contribution in [-0.2, 0) is 21.6 Å². The molecule has 5 nitrogen and oxygen atoms in total. The largest absolute Gasteiger partial charge is 0.273 e. The van der Waals surface area contributed by atoms with Crippen LogP contribution in [0.1, 0.15) is 19.4 Å². The lowest BCUT2D eigenvalue weighted by Gasteiger charge is -2.24. The Bertz CT molecular complexity index is 693. The normalized spacial score (nSPS) is 12.6. The number of sulfone groups is 1. The smallest absolute Gasteiger partial charge is 0.192 e. The highest BCUT2D eigenvalue weighted by Crippen LogP contribution is 2.36. The number of hydrogen-bond donors (Lipinski definition) is 0. The number of aromatic nitrogens is 3. The average molecular weight is 300 g/mol. The van der Waals surface area contributed by atoms with E-state index in [1.165, 1.54) is 10.9 Å². The molecule has 2 aromatic rings. The summed E-state index contributed by atoms with van der Waals surface area (Å²) in [6.45, 7) is 3.28. The maximum Gasteiger partial charge on any atom is 0.192 e. The van der Waals surface area contributed by atoms with E-state index in [-0.39, 0.29) is 10.0 Å². The van der Waals surface area contributed by atoms with Crippen molar-refractivity contribution >= 4 is 21.4 Å². The molecule has 0 aliphatic carbocycles. The highest BCUT2D eigenvalue weighted by Gasteiger charge is 2.39. The van der Waals surface area contributed by atoms with Gasteiger partial charge in [-0.1, -0.05) is 11.6 Å². The minimum absolute atomic E-state index is 0.00960. The van der Waals surface area contributed by atoms with Crippen molar-refractivity contribution in [1.82, 2.24) is 14.8 Å². The Hall–Kier alpha value is -1.40. The lowest BCUT2D eigenvalue weighted by molar-refractivity contribution is 0.554. The van der Waals surface area contributed by atoms with Crippen LogP contribution in [0, 0.1) is 0 Å². The summed E-state index contributed by atoms with van der Waals surface area (Å²) in [5, 5.41) is 3.87. The molecule has 0 N–H and O–H groups in total. The molecule has 0 amide bonds. The molecule has 0 radical (unpaired) electrons. The molecule has 0 saturated heterocycles. The predicted octanol–water partition coefficient (Wildman–Crippen LogP) is 2.18. The van der Waals surface area contributed by atoms with Crippen LogP contribution in [0.25, 0.3) is 0 Å². The molecule has 102 valence electrons. The van der Waals surface area contributed by atoms with Crippen LogP contribution in [0.2, 0.25) is 5.15 Å². The summed E-state index contributed by atoms with van der Waals surface area (Å²) in [5.74, 6) is 0. The van der Waals surface area contributed by atoms with Gasteiger partial charge < -0.3 is 0 Å². The van der Waals surface area contributed by atoms with Gasteiger partial charge in [0.25, 0.3) is 0 Å². The van der Waals surface area contributed by atoms with Crippen molar-refractivity contribution in [2.75, 3.05) is 0 Å². The quantitative estimate of drug-likeness (QED) is 0.871. The first-order valence-electron chi connectivity index (χ1n) is 5.61. The lowest BCUT2D eigenvalue weighted by Crippen LogP contribution is -2.29. The van der Waals surface area contributed by atoms with E-state index in [1.54, 1.807) is 45.4 Å². The van der Waals surface area contributed by atoms with Crippen molar-refractivity contribution in [3.63, 3.8) is 0 Å². The third-order valence-electron chi connectivity index (χ3n) is 3.09. The van der Waals surface area contributed by atoms with Crippen LogP contribution in [0.4, 0.5) is 0 Å². The molecule has 19 heavy (non-hydrogen) atoms. The van der Waals surface area contributed by atoms with Gasteiger partial charge in [0, 0.05) is 25.6 Å². The van der Waals surface area contributed by atoms with E-state index in [1.807, 2.05) is 0 Å². The van der Waals surface area contributed by atoms with Crippen molar-refractivity contribution in [2.45, 2.75) is 23.5 Å². The number of nitrogens with zero attached hydrogens (tertiary/aromatic N) is 3. The molecule has 2 heterocycles. The Morgan fingerprint density at radius 2 is 1.84 bits per heavy atom. The number of rotatable bonds is 3. The second kappa shape index (κ2) is 4.61. The fraction of sp³-hybridized carbons (Fsp3) is 0.333. The summed E-state index contributed by atoms with van der Waals surface area (Å²) in [5.41, 5.74) is 0.655. The summed E-state index contributed by atoms with van der Waals surface area (Å²) in [7, 11) is -2.02. The third kappa shape index (κ3) is 2.26. The number of hydrogen-bond acceptors (Lipinski definition) is 4. The van der Waals surface area contributed by atoms with Crippen molar-refractivity contribution in [3.05, 3.63) is 41.4 Å².